The number of thiol groups is 1. The number of amides is 1. The van der Waals surface area contributed by atoms with Gasteiger partial charge in [-0.05, 0) is 20.3 Å². The number of terminal acetylenes is 1. The third-order valence-electron chi connectivity index (χ3n) is 1.80. The number of carbonyl (C=O) groups excluding carboxylic acids is 1. The molecule has 0 saturated carbocycles. The third-order valence-corrected chi connectivity index (χ3v) is 2.04. The summed E-state index contributed by atoms with van der Waals surface area (Å²) in [5.41, 5.74) is -0.534. The van der Waals surface area contributed by atoms with Gasteiger partial charge in [0.15, 0.2) is 0 Å². The molecular formula is C9H15NOS. The Morgan fingerprint density at radius 2 is 2.33 bits per heavy atom. The van der Waals surface area contributed by atoms with E-state index in [0.717, 1.165) is 6.42 Å². The standard InChI is InChI=1S/C9H15NOS/c1-5-9(4,6-2)10-8(11)7(3)12/h1,7,12H,6H2,2-4H3,(H,10,11). The Hall–Kier alpha value is -0.620. The largest absolute Gasteiger partial charge is 0.339 e. The van der Waals surface area contributed by atoms with E-state index in [1.165, 1.54) is 0 Å². The van der Waals surface area contributed by atoms with Crippen LogP contribution in [0, 0.1) is 12.3 Å². The highest BCUT2D eigenvalue weighted by molar-refractivity contribution is 7.81. The molecule has 0 heterocycles. The SMILES string of the molecule is C#CC(C)(CC)NC(=O)C(C)S. The fraction of sp³-hybridized carbons (Fsp3) is 0.667. The van der Waals surface area contributed by atoms with E-state index in [2.05, 4.69) is 23.9 Å². The number of nitrogens with one attached hydrogen (secondary N) is 1. The minimum absolute atomic E-state index is 0.124. The maximum Gasteiger partial charge on any atom is 0.233 e. The van der Waals surface area contributed by atoms with Gasteiger partial charge in [-0.2, -0.15) is 12.6 Å². The van der Waals surface area contributed by atoms with Crippen molar-refractivity contribution in [1.82, 2.24) is 5.32 Å². The summed E-state index contributed by atoms with van der Waals surface area (Å²) >= 11 is 4.00. The lowest BCUT2D eigenvalue weighted by Crippen LogP contribution is -2.46. The van der Waals surface area contributed by atoms with Gasteiger partial charge >= 0.3 is 0 Å². The Morgan fingerprint density at radius 3 is 2.58 bits per heavy atom. The molecule has 0 aliphatic rings. The highest BCUT2D eigenvalue weighted by Crippen LogP contribution is 2.08. The molecule has 0 aliphatic heterocycles. The van der Waals surface area contributed by atoms with Crippen LogP contribution in [-0.4, -0.2) is 16.7 Å². The zero-order chi connectivity index (χ0) is 9.78. The lowest BCUT2D eigenvalue weighted by Gasteiger charge is -2.24. The first kappa shape index (κ1) is 11.4. The Morgan fingerprint density at radius 1 is 1.83 bits per heavy atom. The maximum absolute atomic E-state index is 11.2. The molecule has 0 fully saturated rings. The summed E-state index contributed by atoms with van der Waals surface area (Å²) in [5, 5.41) is 2.43. The number of rotatable bonds is 3. The van der Waals surface area contributed by atoms with Crippen LogP contribution in [0.3, 0.4) is 0 Å². The number of carbonyl (C=O) groups is 1. The summed E-state index contributed by atoms with van der Waals surface area (Å²) in [5.74, 6) is 2.42. The van der Waals surface area contributed by atoms with Crippen LogP contribution in [0.2, 0.25) is 0 Å². The van der Waals surface area contributed by atoms with Crippen LogP contribution >= 0.6 is 12.6 Å². The molecule has 3 heteroatoms. The second-order valence-corrected chi connectivity index (χ2v) is 3.77. The zero-order valence-corrected chi connectivity index (χ0v) is 8.61. The van der Waals surface area contributed by atoms with Crippen LogP contribution in [0.4, 0.5) is 0 Å². The quantitative estimate of drug-likeness (QED) is 0.502. The van der Waals surface area contributed by atoms with Crippen molar-refractivity contribution in [2.45, 2.75) is 38.0 Å². The van der Waals surface area contributed by atoms with Crippen LogP contribution in [0.1, 0.15) is 27.2 Å². The third kappa shape index (κ3) is 3.19. The van der Waals surface area contributed by atoms with Crippen molar-refractivity contribution in [2.24, 2.45) is 0 Å². The van der Waals surface area contributed by atoms with Crippen molar-refractivity contribution >= 4 is 18.5 Å². The van der Waals surface area contributed by atoms with Crippen molar-refractivity contribution in [1.29, 1.82) is 0 Å². The van der Waals surface area contributed by atoms with E-state index in [4.69, 9.17) is 6.42 Å². The molecule has 0 rings (SSSR count). The molecule has 0 saturated heterocycles. The van der Waals surface area contributed by atoms with Crippen molar-refractivity contribution < 1.29 is 4.79 Å². The molecule has 0 aliphatic carbocycles. The summed E-state index contributed by atoms with van der Waals surface area (Å²) in [6, 6.07) is 0. The molecule has 1 amide bonds. The van der Waals surface area contributed by atoms with E-state index in [-0.39, 0.29) is 11.2 Å². The van der Waals surface area contributed by atoms with Crippen LogP contribution in [-0.2, 0) is 4.79 Å². The average Bonchev–Trinajstić information content (AvgIpc) is 2.04. The second-order valence-electron chi connectivity index (χ2n) is 3.00. The minimum atomic E-state index is -0.534. The van der Waals surface area contributed by atoms with Gasteiger partial charge in [0.1, 0.15) is 0 Å². The Bertz CT molecular complexity index is 207. The topological polar surface area (TPSA) is 29.1 Å². The van der Waals surface area contributed by atoms with E-state index in [9.17, 15) is 4.79 Å². The monoisotopic (exact) mass is 185 g/mol. The molecular weight excluding hydrogens is 170 g/mol. The molecule has 2 unspecified atom stereocenters. The fourth-order valence-corrected chi connectivity index (χ4v) is 0.667. The van der Waals surface area contributed by atoms with E-state index in [0.29, 0.717) is 0 Å². The second kappa shape index (κ2) is 4.42. The average molecular weight is 185 g/mol. The normalized spacial score (nSPS) is 17.2. The van der Waals surface area contributed by atoms with Gasteiger partial charge in [-0.25, -0.2) is 0 Å². The van der Waals surface area contributed by atoms with E-state index in [1.807, 2.05) is 13.8 Å². The first-order valence-corrected chi connectivity index (χ1v) is 4.44. The summed E-state index contributed by atoms with van der Waals surface area (Å²) in [7, 11) is 0. The first-order chi connectivity index (χ1) is 5.45. The molecule has 0 aromatic rings. The van der Waals surface area contributed by atoms with Gasteiger partial charge < -0.3 is 5.32 Å². The zero-order valence-electron chi connectivity index (χ0n) is 7.72. The molecule has 2 nitrogen and oxygen atoms in total. The number of hydrogen-bond donors (Lipinski definition) is 2. The van der Waals surface area contributed by atoms with Gasteiger partial charge in [0.25, 0.3) is 0 Å². The van der Waals surface area contributed by atoms with E-state index in [1.54, 1.807) is 6.92 Å². The van der Waals surface area contributed by atoms with Crippen LogP contribution in [0.15, 0.2) is 0 Å². The summed E-state index contributed by atoms with van der Waals surface area (Å²) < 4.78 is 0. The van der Waals surface area contributed by atoms with Crippen LogP contribution in [0.25, 0.3) is 0 Å². The van der Waals surface area contributed by atoms with Gasteiger partial charge in [0, 0.05) is 0 Å². The van der Waals surface area contributed by atoms with Gasteiger partial charge in [-0.1, -0.05) is 12.8 Å². The molecule has 2 atom stereocenters. The summed E-state index contributed by atoms with van der Waals surface area (Å²) in [6.07, 6.45) is 5.99. The molecule has 0 aromatic carbocycles. The molecule has 0 spiro atoms. The number of hydrogen-bond acceptors (Lipinski definition) is 2. The summed E-state index contributed by atoms with van der Waals surface area (Å²) in [6.45, 7) is 5.47. The Balaban J connectivity index is 4.25. The molecule has 0 aromatic heterocycles. The predicted molar refractivity (Wildman–Crippen MR) is 54.1 cm³/mol. The first-order valence-electron chi connectivity index (χ1n) is 3.93. The Labute approximate surface area is 79.5 Å². The van der Waals surface area contributed by atoms with Gasteiger partial charge in [-0.3, -0.25) is 4.79 Å². The molecule has 1 N–H and O–H groups in total. The van der Waals surface area contributed by atoms with Gasteiger partial charge in [0.2, 0.25) is 5.91 Å². The van der Waals surface area contributed by atoms with Crippen molar-refractivity contribution in [3.63, 3.8) is 0 Å². The van der Waals surface area contributed by atoms with Gasteiger partial charge in [-0.15, -0.1) is 6.42 Å². The maximum atomic E-state index is 11.2. The summed E-state index contributed by atoms with van der Waals surface area (Å²) in [4.78, 5) is 11.2. The predicted octanol–water partition coefficient (Wildman–Crippen LogP) is 1.22. The van der Waals surface area contributed by atoms with Crippen LogP contribution in [0.5, 0.6) is 0 Å². The molecule has 0 radical (unpaired) electrons. The smallest absolute Gasteiger partial charge is 0.233 e. The highest BCUT2D eigenvalue weighted by atomic mass is 32.1. The molecule has 0 bridgehead atoms. The van der Waals surface area contributed by atoms with Crippen molar-refractivity contribution in [3.05, 3.63) is 0 Å². The van der Waals surface area contributed by atoms with Crippen LogP contribution < -0.4 is 5.32 Å². The molecule has 12 heavy (non-hydrogen) atoms. The van der Waals surface area contributed by atoms with Crippen molar-refractivity contribution in [3.8, 4) is 12.3 Å². The van der Waals surface area contributed by atoms with Gasteiger partial charge in [0.05, 0.1) is 10.8 Å². The Kier molecular flexibility index (Phi) is 4.19. The molecule has 68 valence electrons. The lowest BCUT2D eigenvalue weighted by atomic mass is 10.0. The van der Waals surface area contributed by atoms with E-state index < -0.39 is 5.54 Å². The van der Waals surface area contributed by atoms with E-state index >= 15 is 0 Å². The highest BCUT2D eigenvalue weighted by Gasteiger charge is 2.22. The lowest BCUT2D eigenvalue weighted by molar-refractivity contribution is -0.121. The van der Waals surface area contributed by atoms with Crippen molar-refractivity contribution in [2.75, 3.05) is 0 Å². The fourth-order valence-electron chi connectivity index (χ4n) is 0.603. The minimum Gasteiger partial charge on any atom is -0.339 e.